The van der Waals surface area contributed by atoms with E-state index in [1.54, 1.807) is 13.8 Å². The third-order valence-electron chi connectivity index (χ3n) is 12.5. The number of rotatable bonds is 50. The van der Waals surface area contributed by atoms with Gasteiger partial charge in [0.15, 0.2) is 0 Å². The Morgan fingerprint density at radius 1 is 0.422 bits per heavy atom. The molecule has 0 unspecified atom stereocenters. The Morgan fingerprint density at radius 2 is 0.767 bits per heavy atom. The van der Waals surface area contributed by atoms with Crippen LogP contribution in [-0.2, 0) is 62.1 Å². The number of ether oxygens (including phenoxy) is 6. The molecular formula is C59H97N9O21S. The summed E-state index contributed by atoms with van der Waals surface area (Å²) in [6.07, 6.45) is 9.36. The Kier molecular flexibility index (Phi) is 50.2. The van der Waals surface area contributed by atoms with Crippen molar-refractivity contribution < 1.29 is 101 Å². The minimum atomic E-state index is -0.986. The Hall–Kier alpha value is -7.99. The maximum Gasteiger partial charge on any atom is 0.433 e. The summed E-state index contributed by atoms with van der Waals surface area (Å²) in [5, 5.41) is 27.0. The predicted octanol–water partition coefficient (Wildman–Crippen LogP) is 8.89. The number of carboxylic acid groups (broad SMARTS) is 1. The molecule has 0 fully saturated rings. The number of nitrogens with one attached hydrogen (secondary N) is 4. The van der Waals surface area contributed by atoms with E-state index < -0.39 is 72.3 Å². The fourth-order valence-corrected chi connectivity index (χ4v) is 8.02. The van der Waals surface area contributed by atoms with Gasteiger partial charge in [-0.05, 0) is 78.1 Å². The van der Waals surface area contributed by atoms with Crippen LogP contribution in [0.3, 0.4) is 0 Å². The Morgan fingerprint density at radius 3 is 1.17 bits per heavy atom. The number of nitrogens with zero attached hydrogens (tertiary/aromatic N) is 5. The average molecular weight is 1300 g/mol. The monoisotopic (exact) mass is 1300 g/mol. The number of thioether (sulfide) groups is 1. The van der Waals surface area contributed by atoms with E-state index in [9.17, 15) is 57.5 Å². The minimum Gasteiger partial charge on any atom is -0.481 e. The zero-order valence-corrected chi connectivity index (χ0v) is 53.8. The van der Waals surface area contributed by atoms with E-state index >= 15 is 0 Å². The Balaban J connectivity index is 5.38. The van der Waals surface area contributed by atoms with Crippen molar-refractivity contribution in [2.75, 3.05) is 97.0 Å². The van der Waals surface area contributed by atoms with Gasteiger partial charge in [0.05, 0.1) is 24.3 Å². The van der Waals surface area contributed by atoms with E-state index in [0.717, 1.165) is 46.1 Å². The second kappa shape index (κ2) is 55.1. The molecule has 0 aliphatic carbocycles. The van der Waals surface area contributed by atoms with Gasteiger partial charge in [-0.15, -0.1) is 0 Å². The number of hydrogen-bond donors (Lipinski definition) is 5. The lowest BCUT2D eigenvalue weighted by atomic mass is 10.1. The van der Waals surface area contributed by atoms with Crippen LogP contribution in [0.5, 0.6) is 0 Å². The maximum absolute atomic E-state index is 13.4. The molecule has 0 aromatic carbocycles. The number of aliphatic carboxylic acids is 1. The number of imide groups is 3. The highest BCUT2D eigenvalue weighted by Crippen LogP contribution is 2.11. The van der Waals surface area contributed by atoms with Crippen LogP contribution in [-0.4, -0.2) is 201 Å². The van der Waals surface area contributed by atoms with Gasteiger partial charge < -0.3 is 59.6 Å². The van der Waals surface area contributed by atoms with Gasteiger partial charge in [-0.3, -0.25) is 14.4 Å². The van der Waals surface area contributed by atoms with Crippen LogP contribution >= 0.6 is 11.8 Å². The Labute approximate surface area is 531 Å². The molecule has 0 saturated heterocycles. The number of urea groups is 3. The van der Waals surface area contributed by atoms with Crippen molar-refractivity contribution in [3.05, 3.63) is 25.3 Å². The number of hydrogen-bond acceptors (Lipinski definition) is 23. The van der Waals surface area contributed by atoms with Crippen molar-refractivity contribution in [3.8, 4) is 0 Å². The molecule has 0 atom stereocenters. The Bertz CT molecular complexity index is 2270. The maximum atomic E-state index is 13.4. The molecule has 0 aromatic rings. The largest absolute Gasteiger partial charge is 0.481 e. The first-order valence-corrected chi connectivity index (χ1v) is 31.9. The van der Waals surface area contributed by atoms with E-state index in [-0.39, 0.29) is 98.2 Å². The van der Waals surface area contributed by atoms with Crippen molar-refractivity contribution in [2.24, 2.45) is 10.3 Å². The summed E-state index contributed by atoms with van der Waals surface area (Å²) in [4.78, 5) is 161. The molecule has 10 amide bonds. The van der Waals surface area contributed by atoms with Crippen LogP contribution in [0.15, 0.2) is 35.6 Å². The predicted molar refractivity (Wildman–Crippen MR) is 332 cm³/mol. The quantitative estimate of drug-likeness (QED) is 0.00721. The first-order chi connectivity index (χ1) is 43.3. The molecule has 0 saturated carbocycles. The topological polar surface area (TPSA) is 381 Å². The van der Waals surface area contributed by atoms with Crippen LogP contribution in [0, 0.1) is 0 Å². The second-order valence-corrected chi connectivity index (χ2v) is 21.1. The standard InChI is InChI=1S/C59H97N9O21S/c1-7-46(5)64-88-52(74)28-20-12-11-13-21-31-60-53(75)68(59(81)87-43-40-84-51(73)30-45-90-44-29-48(69)70)36-26-18-15-23-32-61-54(76)66(57(79)85-41-38-82-49(71)9-3)35-25-17-14-22-33-62-55(77)67(58(80)86-42-39-83-50(72)10-4)37-27-19-16-24-34-63-56(78)89-65-47(6)8-2/h9-10H,3-4,7-8,11-45H2,1-2,5-6H3,(H,60,75)(H,61,76)(H,62,77)(H,63,78)(H,69,70)/b64-46+,65-47+. The molecule has 0 radical (unpaired) electrons. The lowest BCUT2D eigenvalue weighted by Crippen LogP contribution is -2.45. The van der Waals surface area contributed by atoms with Crippen LogP contribution in [0.2, 0.25) is 0 Å². The molecule has 5 N–H and O–H groups in total. The van der Waals surface area contributed by atoms with Crippen LogP contribution in [0.25, 0.3) is 0 Å². The normalized spacial score (nSPS) is 10.9. The zero-order chi connectivity index (χ0) is 67.0. The fraction of sp³-hybridized carbons (Fsp3) is 0.695. The minimum absolute atomic E-state index is 0.00959. The highest BCUT2D eigenvalue weighted by molar-refractivity contribution is 7.99. The third kappa shape index (κ3) is 46.2. The summed E-state index contributed by atoms with van der Waals surface area (Å²) in [6.45, 7) is 13.0. The number of unbranched alkanes of at least 4 members (excludes halogenated alkanes) is 13. The highest BCUT2D eigenvalue weighted by Gasteiger charge is 2.26. The smallest absolute Gasteiger partial charge is 0.433 e. The first-order valence-electron chi connectivity index (χ1n) is 30.7. The molecule has 30 nitrogen and oxygen atoms in total. The molecule has 31 heteroatoms. The summed E-state index contributed by atoms with van der Waals surface area (Å²) in [5.74, 6) is -2.65. The SMILES string of the molecule is C=CC(=O)OCCOC(=O)N(CCCCCCNC(=O)O/N=C(\C)CC)C(=O)NCCCCCCN(C(=O)NCCCCCCN(C(=O)NCCCCCCCC(=O)O/N=C(\C)CC)C(=O)OCCOC(=O)CCSCCC(=O)O)C(=O)OCCOC(=O)C=C. The summed E-state index contributed by atoms with van der Waals surface area (Å²) in [7, 11) is 0. The molecule has 0 rings (SSSR count). The average Bonchev–Trinajstić information content (AvgIpc) is 3.56. The summed E-state index contributed by atoms with van der Waals surface area (Å²) in [6, 6.07) is -2.14. The molecular weight excluding hydrogens is 1200 g/mol. The molecule has 510 valence electrons. The number of carbonyl (C=O) groups is 12. The van der Waals surface area contributed by atoms with Crippen LogP contribution < -0.4 is 21.3 Å². The van der Waals surface area contributed by atoms with E-state index in [4.69, 9.17) is 43.2 Å². The number of carbonyl (C=O) groups excluding carboxylic acids is 11. The van der Waals surface area contributed by atoms with Crippen molar-refractivity contribution in [1.82, 2.24) is 36.0 Å². The van der Waals surface area contributed by atoms with Gasteiger partial charge in [0.2, 0.25) is 0 Å². The molecule has 0 aliphatic rings. The molecule has 0 aliphatic heterocycles. The van der Waals surface area contributed by atoms with Crippen molar-refractivity contribution in [1.29, 1.82) is 0 Å². The van der Waals surface area contributed by atoms with Gasteiger partial charge in [-0.2, -0.15) is 11.8 Å². The fourth-order valence-electron chi connectivity index (χ4n) is 7.18. The molecule has 0 heterocycles. The van der Waals surface area contributed by atoms with E-state index in [0.29, 0.717) is 132 Å². The third-order valence-corrected chi connectivity index (χ3v) is 13.5. The summed E-state index contributed by atoms with van der Waals surface area (Å²) in [5.41, 5.74) is 1.38. The van der Waals surface area contributed by atoms with Crippen molar-refractivity contribution in [2.45, 2.75) is 169 Å². The zero-order valence-electron chi connectivity index (χ0n) is 53.0. The molecule has 0 aromatic heterocycles. The van der Waals surface area contributed by atoms with Gasteiger partial charge >= 0.3 is 72.3 Å². The number of esters is 3. The lowest BCUT2D eigenvalue weighted by molar-refractivity contribution is -0.144. The van der Waals surface area contributed by atoms with Gasteiger partial charge in [0.25, 0.3) is 0 Å². The van der Waals surface area contributed by atoms with Gasteiger partial charge in [0.1, 0.15) is 39.6 Å². The van der Waals surface area contributed by atoms with E-state index in [1.165, 1.54) is 11.8 Å². The van der Waals surface area contributed by atoms with Gasteiger partial charge in [-0.1, -0.05) is 95.1 Å². The lowest BCUT2D eigenvalue weighted by Gasteiger charge is -2.22. The van der Waals surface area contributed by atoms with Gasteiger partial charge in [-0.25, -0.2) is 62.6 Å². The van der Waals surface area contributed by atoms with E-state index in [2.05, 4.69) is 44.7 Å². The number of oxime groups is 2. The number of carboxylic acids is 1. The van der Waals surface area contributed by atoms with E-state index in [1.807, 2.05) is 13.8 Å². The van der Waals surface area contributed by atoms with Crippen molar-refractivity contribution in [3.63, 3.8) is 0 Å². The first kappa shape index (κ1) is 82.0. The van der Waals surface area contributed by atoms with Crippen LogP contribution in [0.1, 0.15) is 169 Å². The summed E-state index contributed by atoms with van der Waals surface area (Å²) >= 11 is 1.29. The van der Waals surface area contributed by atoms with Crippen molar-refractivity contribution >= 4 is 95.5 Å². The van der Waals surface area contributed by atoms with Gasteiger partial charge in [0, 0.05) is 75.9 Å². The number of amides is 10. The molecule has 0 bridgehead atoms. The second-order valence-electron chi connectivity index (χ2n) is 19.9. The molecule has 0 spiro atoms. The highest BCUT2D eigenvalue weighted by atomic mass is 32.2. The summed E-state index contributed by atoms with van der Waals surface area (Å²) < 4.78 is 30.5. The molecule has 90 heavy (non-hydrogen) atoms. The van der Waals surface area contributed by atoms with Crippen LogP contribution in [0.4, 0.5) is 33.6 Å².